The van der Waals surface area contributed by atoms with Gasteiger partial charge in [0.25, 0.3) is 0 Å². The molecule has 5 heteroatoms. The topological polar surface area (TPSA) is 46.8 Å². The molecule has 3 rings (SSSR count). The monoisotopic (exact) mass is 301 g/mol. The van der Waals surface area contributed by atoms with Gasteiger partial charge in [0.2, 0.25) is 0 Å². The van der Waals surface area contributed by atoms with Crippen LogP contribution in [0.5, 0.6) is 0 Å². The second-order valence-electron chi connectivity index (χ2n) is 6.84. The lowest BCUT2D eigenvalue weighted by Gasteiger charge is -2.28. The second kappa shape index (κ2) is 5.63. The number of hydrogen-bond acceptors (Lipinski definition) is 3. The van der Waals surface area contributed by atoms with Crippen molar-refractivity contribution in [3.8, 4) is 0 Å². The van der Waals surface area contributed by atoms with Crippen LogP contribution in [0.4, 0.5) is 4.79 Å². The number of rotatable bonds is 2. The second-order valence-corrected chi connectivity index (χ2v) is 6.84. The van der Waals surface area contributed by atoms with E-state index in [0.29, 0.717) is 0 Å². The summed E-state index contributed by atoms with van der Waals surface area (Å²) in [5.41, 5.74) is 0.629. The summed E-state index contributed by atoms with van der Waals surface area (Å²) in [5, 5.41) is 0. The van der Waals surface area contributed by atoms with Crippen LogP contribution in [0.1, 0.15) is 39.4 Å². The van der Waals surface area contributed by atoms with Crippen LogP contribution in [0, 0.1) is 0 Å². The molecule has 0 bridgehead atoms. The molecule has 1 aliphatic heterocycles. The zero-order valence-electron chi connectivity index (χ0n) is 13.5. The highest BCUT2D eigenvalue weighted by molar-refractivity contribution is 5.69. The lowest BCUT2D eigenvalue weighted by molar-refractivity contribution is 0.0225. The van der Waals surface area contributed by atoms with E-state index in [2.05, 4.69) is 9.38 Å². The Kier molecular flexibility index (Phi) is 3.81. The van der Waals surface area contributed by atoms with Crippen molar-refractivity contribution >= 4 is 11.6 Å². The zero-order valence-corrected chi connectivity index (χ0v) is 13.5. The molecular formula is C17H23N3O2. The summed E-state index contributed by atoms with van der Waals surface area (Å²) in [5.74, 6) is 0.996. The van der Waals surface area contributed by atoms with Crippen molar-refractivity contribution < 1.29 is 9.53 Å². The smallest absolute Gasteiger partial charge is 0.410 e. The van der Waals surface area contributed by atoms with Gasteiger partial charge in [-0.15, -0.1) is 0 Å². The summed E-state index contributed by atoms with van der Waals surface area (Å²) >= 11 is 0. The number of likely N-dealkylation sites (tertiary alicyclic amines) is 1. The number of carbonyl (C=O) groups excluding carboxylic acids is 1. The number of imidazole rings is 1. The fourth-order valence-corrected chi connectivity index (χ4v) is 2.97. The third-order valence-electron chi connectivity index (χ3n) is 3.94. The van der Waals surface area contributed by atoms with E-state index in [9.17, 15) is 4.79 Å². The largest absolute Gasteiger partial charge is 0.444 e. The Bertz CT molecular complexity index is 672. The highest BCUT2D eigenvalue weighted by atomic mass is 16.6. The maximum Gasteiger partial charge on any atom is 0.410 e. The standard InChI is InChI=1S/C17H23N3O2/c1-17(2,3)22-16(21)20-10-6-8-13(20)11-15-18-12-14-7-4-5-9-19(14)15/h4-5,7,9,12-13H,6,8,10-11H2,1-3H3. The Hall–Kier alpha value is -2.04. The van der Waals surface area contributed by atoms with E-state index in [0.717, 1.165) is 37.1 Å². The van der Waals surface area contributed by atoms with Crippen molar-refractivity contribution in [2.45, 2.75) is 51.7 Å². The van der Waals surface area contributed by atoms with E-state index in [1.807, 2.05) is 56.3 Å². The molecule has 1 amide bonds. The van der Waals surface area contributed by atoms with Crippen molar-refractivity contribution in [3.05, 3.63) is 36.4 Å². The van der Waals surface area contributed by atoms with Crippen LogP contribution < -0.4 is 0 Å². The van der Waals surface area contributed by atoms with Gasteiger partial charge < -0.3 is 14.0 Å². The number of nitrogens with zero attached hydrogens (tertiary/aromatic N) is 3. The molecule has 0 radical (unpaired) electrons. The highest BCUT2D eigenvalue weighted by Crippen LogP contribution is 2.23. The van der Waals surface area contributed by atoms with Crippen LogP contribution in [0.25, 0.3) is 5.52 Å². The molecule has 1 aliphatic rings. The molecule has 0 aliphatic carbocycles. The lowest BCUT2D eigenvalue weighted by Crippen LogP contribution is -2.40. The average Bonchev–Trinajstić information content (AvgIpc) is 3.05. The van der Waals surface area contributed by atoms with Crippen LogP contribution >= 0.6 is 0 Å². The molecular weight excluding hydrogens is 278 g/mol. The van der Waals surface area contributed by atoms with Crippen molar-refractivity contribution in [2.75, 3.05) is 6.54 Å². The molecule has 22 heavy (non-hydrogen) atoms. The van der Waals surface area contributed by atoms with Gasteiger partial charge in [-0.1, -0.05) is 6.07 Å². The molecule has 3 heterocycles. The zero-order chi connectivity index (χ0) is 15.7. The summed E-state index contributed by atoms with van der Waals surface area (Å²) in [6.07, 6.45) is 6.47. The van der Waals surface area contributed by atoms with Gasteiger partial charge in [0.15, 0.2) is 0 Å². The first-order chi connectivity index (χ1) is 10.4. The average molecular weight is 301 g/mol. The molecule has 2 aromatic rings. The number of hydrogen-bond donors (Lipinski definition) is 0. The predicted molar refractivity (Wildman–Crippen MR) is 84.9 cm³/mol. The number of fused-ring (bicyclic) bond motifs is 1. The third kappa shape index (κ3) is 3.08. The quantitative estimate of drug-likeness (QED) is 0.855. The van der Waals surface area contributed by atoms with Crippen molar-refractivity contribution in [3.63, 3.8) is 0 Å². The van der Waals surface area contributed by atoms with Crippen LogP contribution in [0.15, 0.2) is 30.6 Å². The summed E-state index contributed by atoms with van der Waals surface area (Å²) in [6, 6.07) is 6.21. The number of amides is 1. The normalized spacial score (nSPS) is 18.9. The Morgan fingerprint density at radius 2 is 2.23 bits per heavy atom. The Labute approximate surface area is 130 Å². The minimum atomic E-state index is -0.454. The van der Waals surface area contributed by atoms with Crippen molar-refractivity contribution in [2.24, 2.45) is 0 Å². The van der Waals surface area contributed by atoms with E-state index < -0.39 is 5.60 Å². The fraction of sp³-hybridized carbons (Fsp3) is 0.529. The van der Waals surface area contributed by atoms with E-state index in [1.165, 1.54) is 0 Å². The van der Waals surface area contributed by atoms with E-state index in [-0.39, 0.29) is 12.1 Å². The molecule has 118 valence electrons. The van der Waals surface area contributed by atoms with Crippen LogP contribution in [-0.2, 0) is 11.2 Å². The van der Waals surface area contributed by atoms with Gasteiger partial charge in [-0.05, 0) is 45.7 Å². The first kappa shape index (κ1) is 14.9. The number of carbonyl (C=O) groups is 1. The van der Waals surface area contributed by atoms with Crippen LogP contribution in [0.3, 0.4) is 0 Å². The minimum absolute atomic E-state index is 0.167. The summed E-state index contributed by atoms with van der Waals surface area (Å²) in [6.45, 7) is 6.47. The van der Waals surface area contributed by atoms with Gasteiger partial charge in [-0.2, -0.15) is 0 Å². The number of aromatic nitrogens is 2. The molecule has 1 unspecified atom stereocenters. The van der Waals surface area contributed by atoms with E-state index in [4.69, 9.17) is 4.74 Å². The van der Waals surface area contributed by atoms with E-state index in [1.54, 1.807) is 0 Å². The Balaban J connectivity index is 1.75. The summed E-state index contributed by atoms with van der Waals surface area (Å²) in [7, 11) is 0. The highest BCUT2D eigenvalue weighted by Gasteiger charge is 2.32. The molecule has 5 nitrogen and oxygen atoms in total. The number of pyridine rings is 1. The van der Waals surface area contributed by atoms with Crippen molar-refractivity contribution in [1.29, 1.82) is 0 Å². The van der Waals surface area contributed by atoms with Crippen molar-refractivity contribution in [1.82, 2.24) is 14.3 Å². The minimum Gasteiger partial charge on any atom is -0.444 e. The molecule has 1 atom stereocenters. The molecule has 1 fully saturated rings. The molecule has 0 spiro atoms. The lowest BCUT2D eigenvalue weighted by atomic mass is 10.1. The van der Waals surface area contributed by atoms with Gasteiger partial charge in [0.05, 0.1) is 11.7 Å². The molecule has 0 aromatic carbocycles. The number of ether oxygens (including phenoxy) is 1. The molecule has 2 aromatic heterocycles. The maximum absolute atomic E-state index is 12.3. The van der Waals surface area contributed by atoms with Crippen LogP contribution in [-0.4, -0.2) is 38.6 Å². The summed E-state index contributed by atoms with van der Waals surface area (Å²) in [4.78, 5) is 18.7. The molecule has 1 saturated heterocycles. The van der Waals surface area contributed by atoms with Crippen LogP contribution in [0.2, 0.25) is 0 Å². The van der Waals surface area contributed by atoms with E-state index >= 15 is 0 Å². The first-order valence-corrected chi connectivity index (χ1v) is 7.85. The third-order valence-corrected chi connectivity index (χ3v) is 3.94. The van der Waals surface area contributed by atoms with Gasteiger partial charge >= 0.3 is 6.09 Å². The van der Waals surface area contributed by atoms with Gasteiger partial charge in [0, 0.05) is 25.2 Å². The predicted octanol–water partition coefficient (Wildman–Crippen LogP) is 3.28. The Morgan fingerprint density at radius 3 is 3.00 bits per heavy atom. The Morgan fingerprint density at radius 1 is 1.41 bits per heavy atom. The first-order valence-electron chi connectivity index (χ1n) is 7.85. The molecule has 0 saturated carbocycles. The fourth-order valence-electron chi connectivity index (χ4n) is 2.97. The SMILES string of the molecule is CC(C)(C)OC(=O)N1CCCC1Cc1ncc2ccccn12. The van der Waals surface area contributed by atoms with Gasteiger partial charge in [0.1, 0.15) is 11.4 Å². The van der Waals surface area contributed by atoms with Gasteiger partial charge in [-0.25, -0.2) is 9.78 Å². The maximum atomic E-state index is 12.3. The van der Waals surface area contributed by atoms with Gasteiger partial charge in [-0.3, -0.25) is 0 Å². The summed E-state index contributed by atoms with van der Waals surface area (Å²) < 4.78 is 7.61. The molecule has 0 N–H and O–H groups in total.